The van der Waals surface area contributed by atoms with Gasteiger partial charge in [-0.15, -0.1) is 0 Å². The first-order valence-electron chi connectivity index (χ1n) is 8.07. The molecular weight excluding hydrogens is 483 g/mol. The summed E-state index contributed by atoms with van der Waals surface area (Å²) in [6, 6.07) is 9.78. The number of benzene rings is 2. The fourth-order valence-electron chi connectivity index (χ4n) is 2.96. The monoisotopic (exact) mass is 494 g/mol. The van der Waals surface area contributed by atoms with Gasteiger partial charge in [-0.3, -0.25) is 10.1 Å². The van der Waals surface area contributed by atoms with Crippen molar-refractivity contribution >= 4 is 43.7 Å². The van der Waals surface area contributed by atoms with E-state index in [4.69, 9.17) is 4.74 Å². The molecule has 1 aliphatic heterocycles. The molecule has 0 aliphatic carbocycles. The van der Waals surface area contributed by atoms with Crippen LogP contribution in [0.3, 0.4) is 0 Å². The van der Waals surface area contributed by atoms with Crippen LogP contribution >= 0.6 is 31.9 Å². The molecule has 1 amide bonds. The molecule has 138 valence electrons. The van der Waals surface area contributed by atoms with Gasteiger partial charge in [0.1, 0.15) is 24.5 Å². The number of hydrogen-bond donors (Lipinski definition) is 1. The van der Waals surface area contributed by atoms with Crippen molar-refractivity contribution in [3.05, 3.63) is 68.6 Å². The number of nitrogens with zero attached hydrogens (tertiary/aromatic N) is 3. The van der Waals surface area contributed by atoms with Gasteiger partial charge < -0.3 is 4.74 Å². The summed E-state index contributed by atoms with van der Waals surface area (Å²) in [7, 11) is 0. The summed E-state index contributed by atoms with van der Waals surface area (Å²) in [5.41, 5.74) is 1.61. The molecule has 6 nitrogen and oxygen atoms in total. The molecule has 0 radical (unpaired) electrons. The second-order valence-corrected chi connectivity index (χ2v) is 7.74. The van der Waals surface area contributed by atoms with Crippen molar-refractivity contribution in [3.63, 3.8) is 0 Å². The van der Waals surface area contributed by atoms with E-state index in [9.17, 15) is 9.18 Å². The predicted molar refractivity (Wildman–Crippen MR) is 104 cm³/mol. The molecular formula is C18H13Br2FN4O2. The minimum Gasteiger partial charge on any atom is -0.487 e. The lowest BCUT2D eigenvalue weighted by atomic mass is 10.0. The molecule has 1 aliphatic rings. The van der Waals surface area contributed by atoms with Gasteiger partial charge in [-0.25, -0.2) is 9.07 Å². The molecule has 1 unspecified atom stereocenters. The third-order valence-corrected chi connectivity index (χ3v) is 5.35. The number of fused-ring (bicyclic) bond motifs is 1. The van der Waals surface area contributed by atoms with Crippen LogP contribution < -0.4 is 10.1 Å². The summed E-state index contributed by atoms with van der Waals surface area (Å²) < 4.78 is 22.3. The van der Waals surface area contributed by atoms with Crippen molar-refractivity contribution in [1.29, 1.82) is 0 Å². The van der Waals surface area contributed by atoms with Crippen molar-refractivity contribution in [3.8, 4) is 5.75 Å². The molecule has 0 saturated heterocycles. The van der Waals surface area contributed by atoms with Crippen LogP contribution in [-0.4, -0.2) is 20.7 Å². The van der Waals surface area contributed by atoms with E-state index < -0.39 is 0 Å². The molecule has 4 rings (SSSR count). The highest BCUT2D eigenvalue weighted by Crippen LogP contribution is 2.39. The fraction of sp³-hybridized carbons (Fsp3) is 0.167. The van der Waals surface area contributed by atoms with Crippen LogP contribution in [0.1, 0.15) is 23.6 Å². The van der Waals surface area contributed by atoms with Crippen LogP contribution in [0.2, 0.25) is 0 Å². The lowest BCUT2D eigenvalue weighted by Crippen LogP contribution is -2.29. The van der Waals surface area contributed by atoms with Gasteiger partial charge in [0.25, 0.3) is 0 Å². The van der Waals surface area contributed by atoms with Crippen LogP contribution in [0.25, 0.3) is 0 Å². The predicted octanol–water partition coefficient (Wildman–Crippen LogP) is 4.45. The number of ether oxygens (including phenoxy) is 1. The average Bonchev–Trinajstić information content (AvgIpc) is 3.08. The van der Waals surface area contributed by atoms with E-state index >= 15 is 0 Å². The van der Waals surface area contributed by atoms with Gasteiger partial charge >= 0.3 is 0 Å². The number of anilines is 1. The van der Waals surface area contributed by atoms with E-state index in [1.807, 2.05) is 12.1 Å². The topological polar surface area (TPSA) is 69.0 Å². The Morgan fingerprint density at radius 2 is 2.04 bits per heavy atom. The summed E-state index contributed by atoms with van der Waals surface area (Å²) in [4.78, 5) is 16.0. The highest BCUT2D eigenvalue weighted by Gasteiger charge is 2.28. The van der Waals surface area contributed by atoms with Gasteiger partial charge in [0.05, 0.1) is 21.4 Å². The highest BCUT2D eigenvalue weighted by molar-refractivity contribution is 9.11. The molecule has 2 heterocycles. The number of rotatable bonds is 4. The lowest BCUT2D eigenvalue weighted by molar-refractivity contribution is -0.117. The first kappa shape index (κ1) is 18.1. The Hall–Kier alpha value is -2.26. The summed E-state index contributed by atoms with van der Waals surface area (Å²) in [5, 5.41) is 6.90. The first-order chi connectivity index (χ1) is 13.0. The molecule has 27 heavy (non-hydrogen) atoms. The van der Waals surface area contributed by atoms with E-state index in [0.717, 1.165) is 20.1 Å². The van der Waals surface area contributed by atoms with E-state index in [1.165, 1.54) is 18.5 Å². The molecule has 1 aromatic heterocycles. The average molecular weight is 496 g/mol. The van der Waals surface area contributed by atoms with Crippen molar-refractivity contribution in [1.82, 2.24) is 14.8 Å². The van der Waals surface area contributed by atoms with Crippen LogP contribution in [0.15, 0.2) is 51.7 Å². The quantitative estimate of drug-likeness (QED) is 0.580. The number of amides is 1. The molecule has 1 N–H and O–H groups in total. The van der Waals surface area contributed by atoms with E-state index in [-0.39, 0.29) is 30.8 Å². The number of nitrogens with one attached hydrogen (secondary N) is 1. The molecule has 0 bridgehead atoms. The van der Waals surface area contributed by atoms with E-state index in [2.05, 4.69) is 47.3 Å². The second-order valence-electron chi connectivity index (χ2n) is 6.03. The van der Waals surface area contributed by atoms with Crippen molar-refractivity contribution < 1.29 is 13.9 Å². The molecule has 9 heteroatoms. The van der Waals surface area contributed by atoms with Gasteiger partial charge in [-0.2, -0.15) is 10.1 Å². The van der Waals surface area contributed by atoms with E-state index in [1.54, 1.807) is 16.8 Å². The fourth-order valence-corrected chi connectivity index (χ4v) is 4.41. The largest absolute Gasteiger partial charge is 0.487 e. The molecule has 3 aromatic rings. The van der Waals surface area contributed by atoms with Crippen LogP contribution in [0, 0.1) is 5.82 Å². The normalized spacial score (nSPS) is 16.0. The lowest BCUT2D eigenvalue weighted by Gasteiger charge is -2.24. The minimum atomic E-state index is -0.302. The number of carbonyl (C=O) groups excluding carboxylic acids is 1. The Labute approximate surface area is 171 Å². The zero-order valence-electron chi connectivity index (χ0n) is 13.8. The maximum Gasteiger partial charge on any atom is 0.229 e. The Morgan fingerprint density at radius 1 is 1.26 bits per heavy atom. The van der Waals surface area contributed by atoms with Crippen LogP contribution in [0.4, 0.5) is 10.3 Å². The van der Waals surface area contributed by atoms with Gasteiger partial charge in [0.15, 0.2) is 0 Å². The summed E-state index contributed by atoms with van der Waals surface area (Å²) in [6.45, 7) is 0.230. The highest BCUT2D eigenvalue weighted by atomic mass is 79.9. The zero-order chi connectivity index (χ0) is 19.0. The van der Waals surface area contributed by atoms with Gasteiger partial charge in [0, 0.05) is 0 Å². The summed E-state index contributed by atoms with van der Waals surface area (Å²) in [6.07, 6.45) is 1.67. The van der Waals surface area contributed by atoms with Crippen molar-refractivity contribution in [2.45, 2.75) is 19.1 Å². The van der Waals surface area contributed by atoms with Gasteiger partial charge in [-0.1, -0.05) is 12.1 Å². The molecule has 0 fully saturated rings. The summed E-state index contributed by atoms with van der Waals surface area (Å²) >= 11 is 7.05. The third-order valence-electron chi connectivity index (χ3n) is 4.18. The van der Waals surface area contributed by atoms with Crippen molar-refractivity contribution in [2.75, 3.05) is 5.32 Å². The first-order valence-corrected chi connectivity index (χ1v) is 9.65. The maximum atomic E-state index is 13.3. The zero-order valence-corrected chi connectivity index (χ0v) is 17.0. The Balaban J connectivity index is 1.60. The molecule has 0 saturated carbocycles. The third kappa shape index (κ3) is 3.74. The smallest absolute Gasteiger partial charge is 0.229 e. The molecule has 1 atom stereocenters. The van der Waals surface area contributed by atoms with Crippen LogP contribution in [-0.2, 0) is 11.4 Å². The number of halogens is 3. The molecule has 0 spiro atoms. The number of carbonyl (C=O) groups is 1. The van der Waals surface area contributed by atoms with Crippen LogP contribution in [0.5, 0.6) is 5.75 Å². The van der Waals surface area contributed by atoms with Crippen molar-refractivity contribution in [2.24, 2.45) is 0 Å². The number of hydrogen-bond acceptors (Lipinski definition) is 4. The standard InChI is InChI=1S/C18H13Br2FN4O2/c19-13-5-11(15-7-16(26)24-18-22-9-23-25(15)18)6-14(20)17(13)27-8-10-2-1-3-12(21)4-10/h1-6,9,15H,7-8H2,(H,22,23,24,26). The van der Waals surface area contributed by atoms with Gasteiger partial charge in [-0.05, 0) is 67.3 Å². The maximum absolute atomic E-state index is 13.3. The summed E-state index contributed by atoms with van der Waals surface area (Å²) in [5.74, 6) is 0.611. The molecule has 2 aromatic carbocycles. The van der Waals surface area contributed by atoms with Gasteiger partial charge in [0.2, 0.25) is 11.9 Å². The second kappa shape index (κ2) is 7.40. The number of aromatic nitrogens is 3. The minimum absolute atomic E-state index is 0.112. The Kier molecular flexibility index (Phi) is 4.96. The Bertz CT molecular complexity index is 1000. The van der Waals surface area contributed by atoms with E-state index in [0.29, 0.717) is 11.7 Å². The SMILES string of the molecule is O=C1CC(c2cc(Br)c(OCc3cccc(F)c3)c(Br)c2)n2ncnc2N1. The Morgan fingerprint density at radius 3 is 2.78 bits per heavy atom.